The maximum absolute atomic E-state index is 5.89. The predicted molar refractivity (Wildman–Crippen MR) is 98.2 cm³/mol. The van der Waals surface area contributed by atoms with E-state index in [-0.39, 0.29) is 0 Å². The Hall–Kier alpha value is -1.90. The third kappa shape index (κ3) is 4.78. The van der Waals surface area contributed by atoms with Crippen LogP contribution in [0.15, 0.2) is 77.5 Å². The fraction of sp³-hybridized carbons (Fsp3) is 0.238. The summed E-state index contributed by atoms with van der Waals surface area (Å²) in [5.74, 6) is 0.401. The van der Waals surface area contributed by atoms with Crippen LogP contribution in [0.1, 0.15) is 29.0 Å². The second-order valence-corrected chi connectivity index (χ2v) is 6.44. The third-order valence-electron chi connectivity index (χ3n) is 4.07. The van der Waals surface area contributed by atoms with Crippen molar-refractivity contribution in [1.29, 1.82) is 0 Å². The Morgan fingerprint density at radius 1 is 0.783 bits per heavy atom. The van der Waals surface area contributed by atoms with Gasteiger partial charge in [0, 0.05) is 12.5 Å². The van der Waals surface area contributed by atoms with Crippen LogP contribution in [0, 0.1) is 0 Å². The van der Waals surface area contributed by atoms with E-state index in [0.29, 0.717) is 5.92 Å². The average molecular weight is 322 g/mol. The van der Waals surface area contributed by atoms with Crippen molar-refractivity contribution in [3.8, 4) is 0 Å². The van der Waals surface area contributed by atoms with Crippen LogP contribution in [-0.4, -0.2) is 13.2 Å². The monoisotopic (exact) mass is 322 g/mol. The maximum atomic E-state index is 5.89. The molecule has 118 valence electrons. The van der Waals surface area contributed by atoms with Crippen LogP contribution in [0.25, 0.3) is 0 Å². The lowest BCUT2D eigenvalue weighted by molar-refractivity contribution is 0.132. The number of ether oxygens (including phenoxy) is 1. The Bertz CT molecular complexity index is 622. The fourth-order valence-electron chi connectivity index (χ4n) is 2.82. The van der Waals surface area contributed by atoms with E-state index in [1.54, 1.807) is 11.3 Å². The largest absolute Gasteiger partial charge is 0.381 e. The molecule has 0 aliphatic heterocycles. The van der Waals surface area contributed by atoms with E-state index >= 15 is 0 Å². The van der Waals surface area contributed by atoms with Crippen molar-refractivity contribution in [3.05, 3.63) is 94.2 Å². The standard InChI is InChI=1S/C21H22OS/c1-3-7-19(8-4-1)21(20-9-5-2-6-10-20)12-15-22-14-11-18-13-16-23-17-18/h1-10,13,16-17,21H,11-12,14-15H2. The van der Waals surface area contributed by atoms with Gasteiger partial charge in [0.15, 0.2) is 0 Å². The summed E-state index contributed by atoms with van der Waals surface area (Å²) in [5, 5.41) is 4.32. The number of hydrogen-bond donors (Lipinski definition) is 0. The lowest BCUT2D eigenvalue weighted by Crippen LogP contribution is -2.07. The van der Waals surface area contributed by atoms with Gasteiger partial charge in [-0.25, -0.2) is 0 Å². The van der Waals surface area contributed by atoms with Crippen LogP contribution in [0.4, 0.5) is 0 Å². The highest BCUT2D eigenvalue weighted by molar-refractivity contribution is 7.07. The molecule has 0 aliphatic rings. The van der Waals surface area contributed by atoms with Gasteiger partial charge in [0.2, 0.25) is 0 Å². The Kier molecular flexibility index (Phi) is 6.01. The molecule has 2 aromatic carbocycles. The van der Waals surface area contributed by atoms with Gasteiger partial charge < -0.3 is 4.74 Å². The Labute approximate surface area is 142 Å². The molecule has 3 rings (SSSR count). The topological polar surface area (TPSA) is 9.23 Å². The highest BCUT2D eigenvalue weighted by Crippen LogP contribution is 2.27. The summed E-state index contributed by atoms with van der Waals surface area (Å²) in [7, 11) is 0. The van der Waals surface area contributed by atoms with Gasteiger partial charge in [0.1, 0.15) is 0 Å². The molecule has 1 aromatic heterocycles. The zero-order chi connectivity index (χ0) is 15.7. The lowest BCUT2D eigenvalue weighted by atomic mass is 9.89. The first kappa shape index (κ1) is 16.0. The van der Waals surface area contributed by atoms with Crippen molar-refractivity contribution in [2.45, 2.75) is 18.8 Å². The van der Waals surface area contributed by atoms with Crippen molar-refractivity contribution in [2.75, 3.05) is 13.2 Å². The lowest BCUT2D eigenvalue weighted by Gasteiger charge is -2.18. The smallest absolute Gasteiger partial charge is 0.0506 e. The van der Waals surface area contributed by atoms with E-state index in [1.165, 1.54) is 16.7 Å². The minimum Gasteiger partial charge on any atom is -0.381 e. The number of rotatable bonds is 8. The van der Waals surface area contributed by atoms with E-state index in [1.807, 2.05) is 0 Å². The van der Waals surface area contributed by atoms with E-state index < -0.39 is 0 Å². The summed E-state index contributed by atoms with van der Waals surface area (Å²) in [4.78, 5) is 0. The van der Waals surface area contributed by atoms with E-state index in [9.17, 15) is 0 Å². The summed E-state index contributed by atoms with van der Waals surface area (Å²) in [6, 6.07) is 23.6. The molecule has 0 bridgehead atoms. The third-order valence-corrected chi connectivity index (χ3v) is 4.80. The molecule has 1 nitrogen and oxygen atoms in total. The number of benzene rings is 2. The van der Waals surface area contributed by atoms with Gasteiger partial charge in [0.25, 0.3) is 0 Å². The maximum Gasteiger partial charge on any atom is 0.0506 e. The van der Waals surface area contributed by atoms with Gasteiger partial charge in [0.05, 0.1) is 6.61 Å². The summed E-state index contributed by atoms with van der Waals surface area (Å²) < 4.78 is 5.89. The Morgan fingerprint density at radius 2 is 1.43 bits per heavy atom. The summed E-state index contributed by atoms with van der Waals surface area (Å²) in [5.41, 5.74) is 4.10. The Balaban J connectivity index is 1.56. The van der Waals surface area contributed by atoms with Gasteiger partial charge in [-0.2, -0.15) is 11.3 Å². The molecule has 0 saturated carbocycles. The molecule has 1 heterocycles. The number of thiophene rings is 1. The molecule has 0 spiro atoms. The fourth-order valence-corrected chi connectivity index (χ4v) is 3.53. The van der Waals surface area contributed by atoms with Crippen LogP contribution in [0.2, 0.25) is 0 Å². The van der Waals surface area contributed by atoms with Gasteiger partial charge >= 0.3 is 0 Å². The van der Waals surface area contributed by atoms with E-state index in [2.05, 4.69) is 77.5 Å². The van der Waals surface area contributed by atoms with Gasteiger partial charge in [-0.3, -0.25) is 0 Å². The predicted octanol–water partition coefficient (Wildman–Crippen LogP) is 5.53. The first-order valence-electron chi connectivity index (χ1n) is 8.12. The average Bonchev–Trinajstić information content (AvgIpc) is 3.13. The first-order valence-corrected chi connectivity index (χ1v) is 9.06. The molecule has 23 heavy (non-hydrogen) atoms. The molecular weight excluding hydrogens is 300 g/mol. The van der Waals surface area contributed by atoms with Gasteiger partial charge in [-0.15, -0.1) is 0 Å². The summed E-state index contributed by atoms with van der Waals surface area (Å²) in [6.07, 6.45) is 2.02. The van der Waals surface area contributed by atoms with Gasteiger partial charge in [-0.05, 0) is 46.4 Å². The second-order valence-electron chi connectivity index (χ2n) is 5.66. The quantitative estimate of drug-likeness (QED) is 0.495. The zero-order valence-electron chi connectivity index (χ0n) is 13.2. The van der Waals surface area contributed by atoms with Crippen LogP contribution in [0.5, 0.6) is 0 Å². The normalized spacial score (nSPS) is 11.0. The van der Waals surface area contributed by atoms with Crippen molar-refractivity contribution in [3.63, 3.8) is 0 Å². The SMILES string of the molecule is c1ccc(C(CCOCCc2ccsc2)c2ccccc2)cc1. The van der Waals surface area contributed by atoms with Gasteiger partial charge in [-0.1, -0.05) is 60.7 Å². The molecule has 0 fully saturated rings. The molecule has 0 atom stereocenters. The van der Waals surface area contributed by atoms with Crippen LogP contribution in [-0.2, 0) is 11.2 Å². The van der Waals surface area contributed by atoms with Crippen molar-refractivity contribution >= 4 is 11.3 Å². The number of hydrogen-bond acceptors (Lipinski definition) is 2. The second kappa shape index (κ2) is 8.66. The van der Waals surface area contributed by atoms with Crippen molar-refractivity contribution in [1.82, 2.24) is 0 Å². The minimum atomic E-state index is 0.401. The van der Waals surface area contributed by atoms with Crippen LogP contribution in [0.3, 0.4) is 0 Å². The molecule has 0 radical (unpaired) electrons. The molecule has 0 aliphatic carbocycles. The molecule has 3 aromatic rings. The van der Waals surface area contributed by atoms with E-state index in [4.69, 9.17) is 4.74 Å². The summed E-state index contributed by atoms with van der Waals surface area (Å²) in [6.45, 7) is 1.59. The zero-order valence-corrected chi connectivity index (χ0v) is 14.0. The highest BCUT2D eigenvalue weighted by atomic mass is 32.1. The van der Waals surface area contributed by atoms with Crippen LogP contribution < -0.4 is 0 Å². The van der Waals surface area contributed by atoms with E-state index in [0.717, 1.165) is 26.1 Å². The molecular formula is C21H22OS. The molecule has 0 N–H and O–H groups in total. The van der Waals surface area contributed by atoms with Crippen LogP contribution >= 0.6 is 11.3 Å². The van der Waals surface area contributed by atoms with Crippen molar-refractivity contribution < 1.29 is 4.74 Å². The molecule has 0 amide bonds. The minimum absolute atomic E-state index is 0.401. The highest BCUT2D eigenvalue weighted by Gasteiger charge is 2.13. The molecule has 0 saturated heterocycles. The molecule has 0 unspecified atom stereocenters. The summed E-state index contributed by atoms with van der Waals surface area (Å²) >= 11 is 1.75. The first-order chi connectivity index (χ1) is 11.4. The van der Waals surface area contributed by atoms with Crippen molar-refractivity contribution in [2.24, 2.45) is 0 Å². The molecule has 2 heteroatoms. The Morgan fingerprint density at radius 3 is 2.00 bits per heavy atom.